The summed E-state index contributed by atoms with van der Waals surface area (Å²) >= 11 is 0. The van der Waals surface area contributed by atoms with Crippen LogP contribution < -0.4 is 0 Å². The van der Waals surface area contributed by atoms with Crippen LogP contribution in [0.2, 0.25) is 0 Å². The maximum atomic E-state index is 2.41. The van der Waals surface area contributed by atoms with E-state index in [4.69, 9.17) is 0 Å². The summed E-state index contributed by atoms with van der Waals surface area (Å²) in [5.74, 6) is 0. The predicted molar refractivity (Wildman–Crippen MR) is 48.2 cm³/mol. The minimum absolute atomic E-state index is 1.24. The molecule has 0 atom stereocenters. The Kier molecular flexibility index (Phi) is 6.68. The van der Waals surface area contributed by atoms with Crippen molar-refractivity contribution in [2.75, 3.05) is 0 Å². The fourth-order valence-electron chi connectivity index (χ4n) is 1.05. The minimum Gasteiger partial charge on any atom is -0.0854 e. The minimum atomic E-state index is 1.24. The summed E-state index contributed by atoms with van der Waals surface area (Å²) in [5.41, 5.74) is 1.62. The third-order valence-corrected chi connectivity index (χ3v) is 1.90. The highest BCUT2D eigenvalue weighted by Gasteiger charge is 1.87. The SMILES string of the molecule is CCCCC=C(CC)CC. The van der Waals surface area contributed by atoms with E-state index in [0.29, 0.717) is 0 Å². The molecular formula is C10H20. The van der Waals surface area contributed by atoms with E-state index in [9.17, 15) is 0 Å². The van der Waals surface area contributed by atoms with E-state index < -0.39 is 0 Å². The molecule has 0 nitrogen and oxygen atoms in total. The van der Waals surface area contributed by atoms with Crippen LogP contribution in [0.25, 0.3) is 0 Å². The zero-order valence-corrected chi connectivity index (χ0v) is 7.61. The van der Waals surface area contributed by atoms with Crippen molar-refractivity contribution in [1.82, 2.24) is 0 Å². The molecule has 0 saturated heterocycles. The molecule has 0 aromatic heterocycles. The first-order valence-corrected chi connectivity index (χ1v) is 4.53. The van der Waals surface area contributed by atoms with Crippen LogP contribution in [0.15, 0.2) is 11.6 Å². The van der Waals surface area contributed by atoms with Crippen molar-refractivity contribution >= 4 is 0 Å². The van der Waals surface area contributed by atoms with Crippen molar-refractivity contribution in [3.8, 4) is 0 Å². The van der Waals surface area contributed by atoms with Crippen LogP contribution in [0.1, 0.15) is 52.9 Å². The molecular weight excluding hydrogens is 120 g/mol. The Morgan fingerprint density at radius 3 is 2.10 bits per heavy atom. The van der Waals surface area contributed by atoms with Gasteiger partial charge in [-0.2, -0.15) is 0 Å². The highest BCUT2D eigenvalue weighted by molar-refractivity contribution is 4.99. The Labute approximate surface area is 65.3 Å². The number of rotatable bonds is 5. The summed E-state index contributed by atoms with van der Waals surface area (Å²) < 4.78 is 0. The van der Waals surface area contributed by atoms with Crippen molar-refractivity contribution in [1.29, 1.82) is 0 Å². The Balaban J connectivity index is 3.43. The van der Waals surface area contributed by atoms with Gasteiger partial charge in [-0.15, -0.1) is 0 Å². The zero-order chi connectivity index (χ0) is 7.82. The van der Waals surface area contributed by atoms with Crippen LogP contribution in [0, 0.1) is 0 Å². The molecule has 0 N–H and O–H groups in total. The molecule has 10 heavy (non-hydrogen) atoms. The standard InChI is InChI=1S/C10H20/c1-4-7-8-9-10(5-2)6-3/h9H,4-8H2,1-3H3. The van der Waals surface area contributed by atoms with Crippen LogP contribution >= 0.6 is 0 Å². The molecule has 0 amide bonds. The second-order valence-corrected chi connectivity index (χ2v) is 2.71. The van der Waals surface area contributed by atoms with Crippen molar-refractivity contribution in [3.05, 3.63) is 11.6 Å². The lowest BCUT2D eigenvalue weighted by Crippen LogP contribution is -1.77. The Hall–Kier alpha value is -0.260. The summed E-state index contributed by atoms with van der Waals surface area (Å²) in [6.07, 6.45) is 8.83. The smallest absolute Gasteiger partial charge is 0.0348 e. The summed E-state index contributed by atoms with van der Waals surface area (Å²) in [6.45, 7) is 6.72. The molecule has 0 unspecified atom stereocenters. The molecule has 0 rings (SSSR count). The Bertz CT molecular complexity index is 84.2. The average molecular weight is 140 g/mol. The third-order valence-electron chi connectivity index (χ3n) is 1.90. The lowest BCUT2D eigenvalue weighted by atomic mass is 10.1. The van der Waals surface area contributed by atoms with E-state index in [2.05, 4.69) is 26.8 Å². The maximum absolute atomic E-state index is 2.41. The molecule has 0 saturated carbocycles. The van der Waals surface area contributed by atoms with E-state index in [1.165, 1.54) is 32.1 Å². The van der Waals surface area contributed by atoms with Gasteiger partial charge < -0.3 is 0 Å². The fourth-order valence-corrected chi connectivity index (χ4v) is 1.05. The molecule has 0 spiro atoms. The maximum Gasteiger partial charge on any atom is -0.0348 e. The number of hydrogen-bond acceptors (Lipinski definition) is 0. The molecule has 0 aromatic carbocycles. The Morgan fingerprint density at radius 2 is 1.70 bits per heavy atom. The van der Waals surface area contributed by atoms with Crippen molar-refractivity contribution < 1.29 is 0 Å². The van der Waals surface area contributed by atoms with Gasteiger partial charge in [-0.05, 0) is 19.3 Å². The molecule has 60 valence electrons. The van der Waals surface area contributed by atoms with Crippen LogP contribution in [0.4, 0.5) is 0 Å². The molecule has 0 heteroatoms. The monoisotopic (exact) mass is 140 g/mol. The van der Waals surface area contributed by atoms with E-state index in [1.807, 2.05) is 0 Å². The van der Waals surface area contributed by atoms with Gasteiger partial charge in [0.05, 0.1) is 0 Å². The summed E-state index contributed by atoms with van der Waals surface area (Å²) in [7, 11) is 0. The van der Waals surface area contributed by atoms with Gasteiger partial charge in [-0.25, -0.2) is 0 Å². The topological polar surface area (TPSA) is 0 Å². The highest BCUT2D eigenvalue weighted by Crippen LogP contribution is 2.08. The van der Waals surface area contributed by atoms with Crippen molar-refractivity contribution in [2.24, 2.45) is 0 Å². The largest absolute Gasteiger partial charge is 0.0854 e. The normalized spacial score (nSPS) is 9.50. The fraction of sp³-hybridized carbons (Fsp3) is 0.800. The van der Waals surface area contributed by atoms with Gasteiger partial charge >= 0.3 is 0 Å². The highest BCUT2D eigenvalue weighted by atomic mass is 13.9. The van der Waals surface area contributed by atoms with E-state index in [1.54, 1.807) is 5.57 Å². The van der Waals surface area contributed by atoms with Gasteiger partial charge in [0, 0.05) is 0 Å². The average Bonchev–Trinajstić information content (AvgIpc) is 1.99. The molecule has 0 aliphatic heterocycles. The summed E-state index contributed by atoms with van der Waals surface area (Å²) in [6, 6.07) is 0. The molecule has 0 aliphatic carbocycles. The predicted octanol–water partition coefficient (Wildman–Crippen LogP) is 3.92. The first-order valence-electron chi connectivity index (χ1n) is 4.53. The van der Waals surface area contributed by atoms with Crippen LogP contribution in [0.5, 0.6) is 0 Å². The second-order valence-electron chi connectivity index (χ2n) is 2.71. The van der Waals surface area contributed by atoms with Crippen LogP contribution in [-0.2, 0) is 0 Å². The first-order chi connectivity index (χ1) is 4.85. The number of allylic oxidation sites excluding steroid dienone is 2. The lowest BCUT2D eigenvalue weighted by molar-refractivity contribution is 0.801. The quantitative estimate of drug-likeness (QED) is 0.401. The molecule has 0 aliphatic rings. The summed E-state index contributed by atoms with van der Waals surface area (Å²) in [5, 5.41) is 0. The number of unbranched alkanes of at least 4 members (excludes halogenated alkanes) is 2. The second kappa shape index (κ2) is 6.85. The van der Waals surface area contributed by atoms with Gasteiger partial charge in [-0.1, -0.05) is 45.3 Å². The van der Waals surface area contributed by atoms with Gasteiger partial charge in [0.25, 0.3) is 0 Å². The third kappa shape index (κ3) is 4.60. The Morgan fingerprint density at radius 1 is 1.10 bits per heavy atom. The molecule has 0 heterocycles. The van der Waals surface area contributed by atoms with E-state index in [0.717, 1.165) is 0 Å². The zero-order valence-electron chi connectivity index (χ0n) is 7.61. The van der Waals surface area contributed by atoms with Gasteiger partial charge in [0.1, 0.15) is 0 Å². The van der Waals surface area contributed by atoms with Gasteiger partial charge in [0.2, 0.25) is 0 Å². The van der Waals surface area contributed by atoms with E-state index in [-0.39, 0.29) is 0 Å². The molecule has 0 fully saturated rings. The van der Waals surface area contributed by atoms with Gasteiger partial charge in [-0.3, -0.25) is 0 Å². The lowest BCUT2D eigenvalue weighted by Gasteiger charge is -1.98. The van der Waals surface area contributed by atoms with Crippen molar-refractivity contribution in [3.63, 3.8) is 0 Å². The molecule has 0 radical (unpaired) electrons. The van der Waals surface area contributed by atoms with Crippen LogP contribution in [-0.4, -0.2) is 0 Å². The summed E-state index contributed by atoms with van der Waals surface area (Å²) in [4.78, 5) is 0. The first kappa shape index (κ1) is 9.74. The number of hydrogen-bond donors (Lipinski definition) is 0. The van der Waals surface area contributed by atoms with Crippen molar-refractivity contribution in [2.45, 2.75) is 52.9 Å². The van der Waals surface area contributed by atoms with Crippen LogP contribution in [0.3, 0.4) is 0 Å². The molecule has 0 aromatic rings. The van der Waals surface area contributed by atoms with E-state index >= 15 is 0 Å². The molecule has 0 bridgehead atoms. The van der Waals surface area contributed by atoms with Gasteiger partial charge in [0.15, 0.2) is 0 Å².